The number of ether oxygens (including phenoxy) is 1. The number of anilines is 1. The molecule has 1 aromatic carbocycles. The first-order valence-corrected chi connectivity index (χ1v) is 7.64. The van der Waals surface area contributed by atoms with E-state index < -0.39 is 5.54 Å². The highest BCUT2D eigenvalue weighted by Crippen LogP contribution is 2.30. The van der Waals surface area contributed by atoms with Crippen molar-refractivity contribution in [3.63, 3.8) is 0 Å². The van der Waals surface area contributed by atoms with Gasteiger partial charge in [0.05, 0.1) is 12.1 Å². The predicted molar refractivity (Wildman–Crippen MR) is 84.3 cm³/mol. The molecular formula is C14H18BrClN2O2. The second-order valence-corrected chi connectivity index (χ2v) is 6.43. The van der Waals surface area contributed by atoms with Gasteiger partial charge in [-0.15, -0.1) is 0 Å². The van der Waals surface area contributed by atoms with E-state index in [0.717, 1.165) is 29.5 Å². The Morgan fingerprint density at radius 1 is 1.55 bits per heavy atom. The van der Waals surface area contributed by atoms with E-state index in [2.05, 4.69) is 26.1 Å². The van der Waals surface area contributed by atoms with E-state index in [-0.39, 0.29) is 5.97 Å². The number of rotatable bonds is 3. The largest absolute Gasteiger partial charge is 0.467 e. The molecule has 1 aromatic rings. The van der Waals surface area contributed by atoms with Gasteiger partial charge in [-0.05, 0) is 60.6 Å². The summed E-state index contributed by atoms with van der Waals surface area (Å²) in [5, 5.41) is 3.98. The number of nitrogens with zero attached hydrogens (tertiary/aromatic N) is 1. The van der Waals surface area contributed by atoms with Gasteiger partial charge in [0, 0.05) is 16.7 Å². The van der Waals surface area contributed by atoms with Gasteiger partial charge in [0.25, 0.3) is 0 Å². The Morgan fingerprint density at radius 2 is 2.30 bits per heavy atom. The molecule has 2 rings (SSSR count). The number of halogens is 2. The zero-order chi connectivity index (χ0) is 14.8. The highest BCUT2D eigenvalue weighted by Gasteiger charge is 2.42. The molecule has 4 nitrogen and oxygen atoms in total. The second-order valence-electron chi connectivity index (χ2n) is 5.17. The summed E-state index contributed by atoms with van der Waals surface area (Å²) in [6, 6.07) is 5.54. The summed E-state index contributed by atoms with van der Waals surface area (Å²) in [5.41, 5.74) is 0.150. The lowest BCUT2D eigenvalue weighted by Crippen LogP contribution is -2.57. The number of carbonyl (C=O) groups is 1. The highest BCUT2D eigenvalue weighted by atomic mass is 79.9. The zero-order valence-corrected chi connectivity index (χ0v) is 13.9. The summed E-state index contributed by atoms with van der Waals surface area (Å²) in [5.74, 6) is -0.227. The van der Waals surface area contributed by atoms with Crippen LogP contribution in [0.2, 0.25) is 5.02 Å². The summed E-state index contributed by atoms with van der Waals surface area (Å²) in [6.45, 7) is 1.62. The SMILES string of the molecule is COC(=O)C1(Nc2ccc(Cl)c(Br)c2)CCCN(C)C1. The summed E-state index contributed by atoms with van der Waals surface area (Å²) < 4.78 is 5.80. The first-order chi connectivity index (χ1) is 9.47. The third kappa shape index (κ3) is 3.27. The molecule has 0 radical (unpaired) electrons. The highest BCUT2D eigenvalue weighted by molar-refractivity contribution is 9.10. The number of benzene rings is 1. The summed E-state index contributed by atoms with van der Waals surface area (Å²) in [7, 11) is 3.44. The molecule has 1 heterocycles. The van der Waals surface area contributed by atoms with Gasteiger partial charge in [-0.3, -0.25) is 0 Å². The fourth-order valence-electron chi connectivity index (χ4n) is 2.63. The molecule has 0 bridgehead atoms. The molecule has 0 saturated carbocycles. The van der Waals surface area contributed by atoms with Crippen molar-refractivity contribution in [2.75, 3.05) is 32.6 Å². The molecular weight excluding hydrogens is 344 g/mol. The number of piperidine rings is 1. The van der Waals surface area contributed by atoms with Crippen LogP contribution in [0.5, 0.6) is 0 Å². The molecule has 110 valence electrons. The molecule has 1 atom stereocenters. The first-order valence-electron chi connectivity index (χ1n) is 6.47. The van der Waals surface area contributed by atoms with Gasteiger partial charge in [-0.2, -0.15) is 0 Å². The second kappa shape index (κ2) is 6.33. The number of likely N-dealkylation sites (N-methyl/N-ethyl adjacent to an activating group) is 1. The van der Waals surface area contributed by atoms with E-state index in [1.807, 2.05) is 19.2 Å². The molecule has 6 heteroatoms. The number of nitrogens with one attached hydrogen (secondary N) is 1. The Balaban J connectivity index is 2.27. The van der Waals surface area contributed by atoms with Crippen LogP contribution < -0.4 is 5.32 Å². The topological polar surface area (TPSA) is 41.6 Å². The van der Waals surface area contributed by atoms with Gasteiger partial charge in [0.15, 0.2) is 0 Å². The standard InChI is InChI=1S/C14H18BrClN2O2/c1-18-7-3-6-14(9-18,13(19)20-2)17-10-4-5-12(16)11(15)8-10/h4-5,8,17H,3,6-7,9H2,1-2H3. The van der Waals surface area contributed by atoms with Crippen LogP contribution in [-0.2, 0) is 9.53 Å². The van der Waals surface area contributed by atoms with Crippen LogP contribution in [0.1, 0.15) is 12.8 Å². The third-order valence-corrected chi connectivity index (χ3v) is 4.78. The van der Waals surface area contributed by atoms with Gasteiger partial charge in [-0.1, -0.05) is 11.6 Å². The Hall–Kier alpha value is -0.780. The molecule has 1 unspecified atom stereocenters. The molecule has 20 heavy (non-hydrogen) atoms. The van der Waals surface area contributed by atoms with Crippen molar-refractivity contribution < 1.29 is 9.53 Å². The monoisotopic (exact) mass is 360 g/mol. The predicted octanol–water partition coefficient (Wildman–Crippen LogP) is 3.15. The number of hydrogen-bond donors (Lipinski definition) is 1. The van der Waals surface area contributed by atoms with Crippen molar-refractivity contribution in [3.05, 3.63) is 27.7 Å². The number of esters is 1. The Labute approximate surface area is 132 Å². The first kappa shape index (κ1) is 15.6. The van der Waals surface area contributed by atoms with Gasteiger partial charge in [0.1, 0.15) is 5.54 Å². The van der Waals surface area contributed by atoms with Gasteiger partial charge in [0.2, 0.25) is 0 Å². The Bertz CT molecular complexity index is 512. The van der Waals surface area contributed by atoms with Crippen LogP contribution in [0.25, 0.3) is 0 Å². The quantitative estimate of drug-likeness (QED) is 0.840. The van der Waals surface area contributed by atoms with Crippen molar-refractivity contribution >= 4 is 39.2 Å². The fourth-order valence-corrected chi connectivity index (χ4v) is 3.13. The maximum atomic E-state index is 12.2. The van der Waals surface area contributed by atoms with Crippen molar-refractivity contribution in [1.29, 1.82) is 0 Å². The van der Waals surface area contributed by atoms with E-state index >= 15 is 0 Å². The molecule has 1 aliphatic heterocycles. The maximum absolute atomic E-state index is 12.2. The average molecular weight is 362 g/mol. The molecule has 0 amide bonds. The lowest BCUT2D eigenvalue weighted by atomic mass is 9.88. The van der Waals surface area contributed by atoms with E-state index in [0.29, 0.717) is 11.6 Å². The molecule has 0 aliphatic carbocycles. The van der Waals surface area contributed by atoms with Crippen molar-refractivity contribution in [1.82, 2.24) is 4.90 Å². The Morgan fingerprint density at radius 3 is 2.90 bits per heavy atom. The van der Waals surface area contributed by atoms with Crippen LogP contribution in [0, 0.1) is 0 Å². The van der Waals surface area contributed by atoms with Crippen molar-refractivity contribution in [2.24, 2.45) is 0 Å². The molecule has 0 aromatic heterocycles. The van der Waals surface area contributed by atoms with Gasteiger partial charge < -0.3 is 15.0 Å². The third-order valence-electron chi connectivity index (χ3n) is 3.56. The molecule has 1 fully saturated rings. The van der Waals surface area contributed by atoms with E-state index in [9.17, 15) is 4.79 Å². The van der Waals surface area contributed by atoms with Crippen LogP contribution in [0.3, 0.4) is 0 Å². The minimum atomic E-state index is -0.699. The van der Waals surface area contributed by atoms with E-state index in [1.54, 1.807) is 6.07 Å². The number of hydrogen-bond acceptors (Lipinski definition) is 4. The van der Waals surface area contributed by atoms with Crippen molar-refractivity contribution in [2.45, 2.75) is 18.4 Å². The molecule has 1 saturated heterocycles. The normalized spacial score (nSPS) is 23.4. The molecule has 1 N–H and O–H groups in total. The van der Waals surface area contributed by atoms with Crippen LogP contribution in [0.15, 0.2) is 22.7 Å². The fraction of sp³-hybridized carbons (Fsp3) is 0.500. The van der Waals surface area contributed by atoms with E-state index in [1.165, 1.54) is 7.11 Å². The lowest BCUT2D eigenvalue weighted by molar-refractivity contribution is -0.147. The minimum Gasteiger partial charge on any atom is -0.467 e. The Kier molecular flexibility index (Phi) is 4.94. The van der Waals surface area contributed by atoms with Crippen LogP contribution in [0.4, 0.5) is 5.69 Å². The molecule has 1 aliphatic rings. The van der Waals surface area contributed by atoms with Crippen molar-refractivity contribution in [3.8, 4) is 0 Å². The molecule has 0 spiro atoms. The van der Waals surface area contributed by atoms with Crippen LogP contribution in [-0.4, -0.2) is 43.7 Å². The van der Waals surface area contributed by atoms with E-state index in [4.69, 9.17) is 16.3 Å². The smallest absolute Gasteiger partial charge is 0.332 e. The number of likely N-dealkylation sites (tertiary alicyclic amines) is 1. The summed E-state index contributed by atoms with van der Waals surface area (Å²) in [4.78, 5) is 14.4. The van der Waals surface area contributed by atoms with Gasteiger partial charge in [-0.25, -0.2) is 4.79 Å². The average Bonchev–Trinajstić information content (AvgIpc) is 2.42. The number of methoxy groups -OCH3 is 1. The number of carbonyl (C=O) groups excluding carboxylic acids is 1. The zero-order valence-electron chi connectivity index (χ0n) is 11.6. The summed E-state index contributed by atoms with van der Waals surface area (Å²) in [6.07, 6.45) is 1.71. The maximum Gasteiger partial charge on any atom is 0.332 e. The lowest BCUT2D eigenvalue weighted by Gasteiger charge is -2.40. The van der Waals surface area contributed by atoms with Gasteiger partial charge >= 0.3 is 5.97 Å². The van der Waals surface area contributed by atoms with Crippen LogP contribution >= 0.6 is 27.5 Å². The minimum absolute atomic E-state index is 0.227. The summed E-state index contributed by atoms with van der Waals surface area (Å²) >= 11 is 9.39.